The number of benzene rings is 1. The molecular weight excluding hydrogens is 230 g/mol. The molecule has 1 heterocycles. The van der Waals surface area contributed by atoms with E-state index in [0.29, 0.717) is 6.54 Å². The Morgan fingerprint density at radius 3 is 2.72 bits per heavy atom. The molecule has 4 heteroatoms. The molecule has 1 amide bonds. The molecule has 0 unspecified atom stereocenters. The number of carbonyl (C=O) groups excluding carboxylic acids is 1. The van der Waals surface area contributed by atoms with Gasteiger partial charge in [0.25, 0.3) is 0 Å². The van der Waals surface area contributed by atoms with Gasteiger partial charge in [0.2, 0.25) is 0 Å². The van der Waals surface area contributed by atoms with Gasteiger partial charge in [-0.15, -0.1) is 0 Å². The van der Waals surface area contributed by atoms with Crippen molar-refractivity contribution in [3.05, 3.63) is 35.4 Å². The van der Waals surface area contributed by atoms with Crippen molar-refractivity contribution in [1.29, 1.82) is 0 Å². The van der Waals surface area contributed by atoms with E-state index in [-0.39, 0.29) is 12.6 Å². The molecule has 1 atom stereocenters. The molecule has 1 aromatic rings. The molecule has 1 aliphatic rings. The second-order valence-corrected chi connectivity index (χ2v) is 5.58. The first-order valence-corrected chi connectivity index (χ1v) is 6.10. The van der Waals surface area contributed by atoms with E-state index >= 15 is 0 Å². The van der Waals surface area contributed by atoms with Crippen LogP contribution in [0.25, 0.3) is 0 Å². The number of ether oxygens (including phenoxy) is 1. The summed E-state index contributed by atoms with van der Waals surface area (Å²) >= 11 is 0. The van der Waals surface area contributed by atoms with E-state index in [1.165, 1.54) is 4.90 Å². The highest BCUT2D eigenvalue weighted by molar-refractivity contribution is 5.68. The number of rotatable bonds is 0. The Kier molecular flexibility index (Phi) is 3.30. The fraction of sp³-hybridized carbons (Fsp3) is 0.500. The first-order valence-electron chi connectivity index (χ1n) is 6.10. The zero-order valence-electron chi connectivity index (χ0n) is 11.0. The normalized spacial score (nSPS) is 19.3. The van der Waals surface area contributed by atoms with Gasteiger partial charge in [-0.05, 0) is 31.9 Å². The predicted octanol–water partition coefficient (Wildman–Crippen LogP) is 2.47. The Balaban J connectivity index is 2.13. The third-order valence-corrected chi connectivity index (χ3v) is 2.82. The monoisotopic (exact) mass is 249 g/mol. The van der Waals surface area contributed by atoms with Crippen LogP contribution in [0.15, 0.2) is 24.3 Å². The van der Waals surface area contributed by atoms with E-state index in [0.717, 1.165) is 11.1 Å². The van der Waals surface area contributed by atoms with Crippen LogP contribution in [0, 0.1) is 0 Å². The van der Waals surface area contributed by atoms with Crippen LogP contribution in [0.3, 0.4) is 0 Å². The number of hydrogen-bond donors (Lipinski definition) is 1. The van der Waals surface area contributed by atoms with E-state index in [2.05, 4.69) is 0 Å². The van der Waals surface area contributed by atoms with Crippen molar-refractivity contribution >= 4 is 6.09 Å². The minimum absolute atomic E-state index is 0.284. The van der Waals surface area contributed by atoms with E-state index < -0.39 is 11.7 Å². The average Bonchev–Trinajstić information content (AvgIpc) is 2.26. The molecule has 2 rings (SSSR count). The number of aliphatic hydroxyl groups is 1. The summed E-state index contributed by atoms with van der Waals surface area (Å²) in [4.78, 5) is 13.5. The quantitative estimate of drug-likeness (QED) is 0.768. The molecule has 0 saturated heterocycles. The lowest BCUT2D eigenvalue weighted by molar-refractivity contribution is 0.00828. The largest absolute Gasteiger partial charge is 0.444 e. The third-order valence-electron chi connectivity index (χ3n) is 2.82. The lowest BCUT2D eigenvalue weighted by atomic mass is 9.98. The molecule has 0 aromatic heterocycles. The smallest absolute Gasteiger partial charge is 0.410 e. The van der Waals surface area contributed by atoms with Gasteiger partial charge in [0.1, 0.15) is 5.60 Å². The van der Waals surface area contributed by atoms with Gasteiger partial charge in [-0.3, -0.25) is 0 Å². The highest BCUT2D eigenvalue weighted by Gasteiger charge is 2.29. The van der Waals surface area contributed by atoms with Gasteiger partial charge in [-0.2, -0.15) is 0 Å². The van der Waals surface area contributed by atoms with Crippen molar-refractivity contribution in [1.82, 2.24) is 4.90 Å². The summed E-state index contributed by atoms with van der Waals surface area (Å²) in [6.45, 7) is 6.27. The molecule has 0 aliphatic carbocycles. The zero-order chi connectivity index (χ0) is 13.3. The Hall–Kier alpha value is -1.55. The number of β-amino-alcohol motifs (C(OH)–C–C–N with tert-alkyl or cyclic N) is 1. The number of carbonyl (C=O) groups is 1. The second-order valence-electron chi connectivity index (χ2n) is 5.58. The fourth-order valence-corrected chi connectivity index (χ4v) is 2.05. The van der Waals surface area contributed by atoms with Crippen molar-refractivity contribution in [2.45, 2.75) is 39.0 Å². The lowest BCUT2D eigenvalue weighted by Gasteiger charge is -2.33. The summed E-state index contributed by atoms with van der Waals surface area (Å²) in [5.74, 6) is 0. The number of aliphatic hydroxyl groups excluding tert-OH is 1. The number of fused-ring (bicyclic) bond motifs is 1. The molecule has 1 aliphatic heterocycles. The first-order chi connectivity index (χ1) is 8.37. The van der Waals surface area contributed by atoms with E-state index in [1.54, 1.807) is 0 Å². The Labute approximate surface area is 107 Å². The molecule has 0 fully saturated rings. The molecule has 4 nitrogen and oxygen atoms in total. The summed E-state index contributed by atoms with van der Waals surface area (Å²) in [5, 5.41) is 10.0. The maximum absolute atomic E-state index is 12.0. The van der Waals surface area contributed by atoms with Gasteiger partial charge >= 0.3 is 6.09 Å². The molecule has 0 radical (unpaired) electrons. The Bertz CT molecular complexity index is 451. The van der Waals surface area contributed by atoms with Gasteiger partial charge in [0.05, 0.1) is 12.6 Å². The van der Waals surface area contributed by atoms with E-state index in [4.69, 9.17) is 4.74 Å². The summed E-state index contributed by atoms with van der Waals surface area (Å²) in [7, 11) is 0. The molecule has 1 N–H and O–H groups in total. The van der Waals surface area contributed by atoms with Crippen molar-refractivity contribution in [3.63, 3.8) is 0 Å². The standard InChI is InChI=1S/C14H19NO3/c1-14(2,3)18-13(17)15-8-10-6-4-5-7-11(10)12(16)9-15/h4-7,12,16H,8-9H2,1-3H3/t12-/m0/s1. The van der Waals surface area contributed by atoms with Crippen molar-refractivity contribution in [2.75, 3.05) is 6.54 Å². The van der Waals surface area contributed by atoms with Crippen LogP contribution in [0.2, 0.25) is 0 Å². The van der Waals surface area contributed by atoms with Crippen LogP contribution >= 0.6 is 0 Å². The van der Waals surface area contributed by atoms with Crippen molar-refractivity contribution in [2.24, 2.45) is 0 Å². The summed E-state index contributed by atoms with van der Waals surface area (Å²) < 4.78 is 5.32. The Morgan fingerprint density at radius 2 is 2.06 bits per heavy atom. The minimum Gasteiger partial charge on any atom is -0.444 e. The maximum Gasteiger partial charge on any atom is 0.410 e. The SMILES string of the molecule is CC(C)(C)OC(=O)N1Cc2ccccc2[C@@H](O)C1. The topological polar surface area (TPSA) is 49.8 Å². The van der Waals surface area contributed by atoms with Gasteiger partial charge in [-0.25, -0.2) is 4.79 Å². The maximum atomic E-state index is 12.0. The number of hydrogen-bond acceptors (Lipinski definition) is 3. The average molecular weight is 249 g/mol. The van der Waals surface area contributed by atoms with Crippen molar-refractivity contribution in [3.8, 4) is 0 Å². The van der Waals surface area contributed by atoms with Gasteiger partial charge in [-0.1, -0.05) is 24.3 Å². The van der Waals surface area contributed by atoms with Gasteiger partial charge in [0, 0.05) is 6.54 Å². The number of amides is 1. The highest BCUT2D eigenvalue weighted by Crippen LogP contribution is 2.27. The molecule has 0 spiro atoms. The summed E-state index contributed by atoms with van der Waals surface area (Å²) in [6, 6.07) is 7.62. The van der Waals surface area contributed by atoms with Gasteiger partial charge in [0.15, 0.2) is 0 Å². The van der Waals surface area contributed by atoms with Crippen LogP contribution in [-0.4, -0.2) is 28.2 Å². The Morgan fingerprint density at radius 1 is 1.39 bits per heavy atom. The fourth-order valence-electron chi connectivity index (χ4n) is 2.05. The molecule has 0 saturated carbocycles. The van der Waals surface area contributed by atoms with Crippen LogP contribution in [-0.2, 0) is 11.3 Å². The van der Waals surface area contributed by atoms with Crippen LogP contribution < -0.4 is 0 Å². The first kappa shape index (κ1) is 12.9. The van der Waals surface area contributed by atoms with Crippen LogP contribution in [0.4, 0.5) is 4.79 Å². The molecule has 1 aromatic carbocycles. The molecule has 98 valence electrons. The van der Waals surface area contributed by atoms with E-state index in [1.807, 2.05) is 45.0 Å². The van der Waals surface area contributed by atoms with Gasteiger partial charge < -0.3 is 14.7 Å². The molecule has 18 heavy (non-hydrogen) atoms. The summed E-state index contributed by atoms with van der Waals surface area (Å²) in [6.07, 6.45) is -1.02. The summed E-state index contributed by atoms with van der Waals surface area (Å²) in [5.41, 5.74) is 1.36. The highest BCUT2D eigenvalue weighted by atomic mass is 16.6. The molecular formula is C14H19NO3. The third kappa shape index (κ3) is 2.82. The van der Waals surface area contributed by atoms with E-state index in [9.17, 15) is 9.90 Å². The lowest BCUT2D eigenvalue weighted by Crippen LogP contribution is -2.41. The zero-order valence-corrected chi connectivity index (χ0v) is 11.0. The number of nitrogens with zero attached hydrogens (tertiary/aromatic N) is 1. The minimum atomic E-state index is -0.637. The predicted molar refractivity (Wildman–Crippen MR) is 68.0 cm³/mol. The second kappa shape index (κ2) is 4.61. The van der Waals surface area contributed by atoms with Crippen molar-refractivity contribution < 1.29 is 14.6 Å². The van der Waals surface area contributed by atoms with Crippen LogP contribution in [0.5, 0.6) is 0 Å². The van der Waals surface area contributed by atoms with Crippen LogP contribution in [0.1, 0.15) is 38.0 Å². The molecule has 0 bridgehead atoms.